The van der Waals surface area contributed by atoms with Gasteiger partial charge in [-0.25, -0.2) is 4.39 Å². The molecule has 3 aromatic rings. The van der Waals surface area contributed by atoms with Crippen LogP contribution in [0.25, 0.3) is 11.5 Å². The van der Waals surface area contributed by atoms with E-state index in [1.165, 1.54) is 6.07 Å². The van der Waals surface area contributed by atoms with Crippen molar-refractivity contribution in [2.45, 2.75) is 6.42 Å². The molecule has 1 amide bonds. The number of hydrogen-bond acceptors (Lipinski definition) is 4. The number of pyridine rings is 1. The van der Waals surface area contributed by atoms with E-state index in [2.05, 4.69) is 25.5 Å². The van der Waals surface area contributed by atoms with Crippen molar-refractivity contribution >= 4 is 11.9 Å². The fraction of sp³-hybridized carbons (Fsp3) is 0.0667. The zero-order valence-electron chi connectivity index (χ0n) is 11.5. The number of aromatic nitrogens is 4. The Morgan fingerprint density at radius 3 is 2.73 bits per heavy atom. The first-order valence-corrected chi connectivity index (χ1v) is 6.60. The van der Waals surface area contributed by atoms with Crippen LogP contribution in [0.2, 0.25) is 0 Å². The third-order valence-corrected chi connectivity index (χ3v) is 2.96. The molecule has 0 bridgehead atoms. The molecule has 6 nitrogen and oxygen atoms in total. The Labute approximate surface area is 125 Å². The molecule has 2 N–H and O–H groups in total. The second-order valence-corrected chi connectivity index (χ2v) is 4.55. The summed E-state index contributed by atoms with van der Waals surface area (Å²) in [5.41, 5.74) is 0.939. The third kappa shape index (κ3) is 3.14. The molecule has 7 heteroatoms. The number of benzene rings is 1. The molecular formula is C15H12FN5O. The lowest BCUT2D eigenvalue weighted by Crippen LogP contribution is -2.16. The van der Waals surface area contributed by atoms with Gasteiger partial charge < -0.3 is 4.98 Å². The number of carbonyl (C=O) groups excluding carboxylic acids is 1. The van der Waals surface area contributed by atoms with Crippen molar-refractivity contribution < 1.29 is 9.18 Å². The molecule has 1 aromatic carbocycles. The maximum absolute atomic E-state index is 13.5. The second kappa shape index (κ2) is 6.13. The number of nitrogens with zero attached hydrogens (tertiary/aromatic N) is 3. The number of aromatic amines is 1. The lowest BCUT2D eigenvalue weighted by Gasteiger charge is -2.02. The molecule has 0 fully saturated rings. The molecule has 0 spiro atoms. The van der Waals surface area contributed by atoms with E-state index in [1.54, 1.807) is 36.5 Å². The Kier molecular flexibility index (Phi) is 3.86. The summed E-state index contributed by atoms with van der Waals surface area (Å²) >= 11 is 0. The number of carbonyl (C=O) groups is 1. The highest BCUT2D eigenvalue weighted by atomic mass is 19.1. The Bertz CT molecular complexity index is 787. The fourth-order valence-electron chi connectivity index (χ4n) is 1.93. The van der Waals surface area contributed by atoms with Gasteiger partial charge >= 0.3 is 0 Å². The quantitative estimate of drug-likeness (QED) is 0.773. The Hall–Kier alpha value is -3.09. The molecule has 110 valence electrons. The van der Waals surface area contributed by atoms with E-state index in [4.69, 9.17) is 0 Å². The average Bonchev–Trinajstić information content (AvgIpc) is 2.99. The highest BCUT2D eigenvalue weighted by Crippen LogP contribution is 2.13. The van der Waals surface area contributed by atoms with E-state index in [0.29, 0.717) is 17.1 Å². The number of anilines is 1. The predicted molar refractivity (Wildman–Crippen MR) is 78.3 cm³/mol. The van der Waals surface area contributed by atoms with Gasteiger partial charge in [-0.2, -0.15) is 0 Å². The summed E-state index contributed by atoms with van der Waals surface area (Å²) in [5, 5.41) is 10.3. The normalized spacial score (nSPS) is 10.4. The number of rotatable bonds is 4. The van der Waals surface area contributed by atoms with Crippen molar-refractivity contribution in [1.29, 1.82) is 0 Å². The number of H-pyrrole nitrogens is 1. The van der Waals surface area contributed by atoms with Gasteiger partial charge in [0.2, 0.25) is 11.9 Å². The molecule has 0 unspecified atom stereocenters. The van der Waals surface area contributed by atoms with Crippen molar-refractivity contribution in [3.8, 4) is 11.5 Å². The van der Waals surface area contributed by atoms with Crippen LogP contribution in [0, 0.1) is 5.82 Å². The largest absolute Gasteiger partial charge is 0.306 e. The van der Waals surface area contributed by atoms with Crippen LogP contribution in [0.1, 0.15) is 5.56 Å². The van der Waals surface area contributed by atoms with Gasteiger partial charge in [-0.1, -0.05) is 24.3 Å². The summed E-state index contributed by atoms with van der Waals surface area (Å²) < 4.78 is 13.5. The molecular weight excluding hydrogens is 285 g/mol. The Morgan fingerprint density at radius 2 is 1.95 bits per heavy atom. The molecule has 3 rings (SSSR count). The standard InChI is InChI=1S/C15H12FN5O/c16-11-6-2-1-5-10(11)9-13(22)18-15-19-14(20-21-15)12-7-3-4-8-17-12/h1-8H,9H2,(H2,18,19,20,21,22). The number of halogens is 1. The monoisotopic (exact) mass is 297 g/mol. The van der Waals surface area contributed by atoms with Gasteiger partial charge in [0.05, 0.1) is 6.42 Å². The van der Waals surface area contributed by atoms with Gasteiger partial charge in [-0.05, 0) is 23.8 Å². The maximum atomic E-state index is 13.5. The average molecular weight is 297 g/mol. The van der Waals surface area contributed by atoms with Crippen molar-refractivity contribution in [1.82, 2.24) is 20.2 Å². The first kappa shape index (κ1) is 13.9. The summed E-state index contributed by atoms with van der Waals surface area (Å²) in [6.45, 7) is 0. The van der Waals surface area contributed by atoms with Gasteiger partial charge in [-0.15, -0.1) is 10.2 Å². The maximum Gasteiger partial charge on any atom is 0.231 e. The smallest absolute Gasteiger partial charge is 0.231 e. The zero-order valence-corrected chi connectivity index (χ0v) is 11.5. The fourth-order valence-corrected chi connectivity index (χ4v) is 1.93. The third-order valence-electron chi connectivity index (χ3n) is 2.96. The van der Waals surface area contributed by atoms with E-state index in [-0.39, 0.29) is 18.3 Å². The van der Waals surface area contributed by atoms with Crippen LogP contribution in [-0.4, -0.2) is 26.1 Å². The molecule has 2 aromatic heterocycles. The summed E-state index contributed by atoms with van der Waals surface area (Å²) in [5.74, 6) is -0.151. The van der Waals surface area contributed by atoms with Crippen LogP contribution < -0.4 is 5.32 Å². The van der Waals surface area contributed by atoms with Crippen LogP contribution >= 0.6 is 0 Å². The molecule has 0 saturated heterocycles. The van der Waals surface area contributed by atoms with Crippen molar-refractivity contribution in [2.75, 3.05) is 5.32 Å². The molecule has 0 saturated carbocycles. The highest BCUT2D eigenvalue weighted by molar-refractivity contribution is 5.90. The van der Waals surface area contributed by atoms with Gasteiger partial charge in [0.25, 0.3) is 0 Å². The van der Waals surface area contributed by atoms with E-state index < -0.39 is 5.82 Å². The van der Waals surface area contributed by atoms with E-state index in [9.17, 15) is 9.18 Å². The number of amides is 1. The zero-order chi connectivity index (χ0) is 15.4. The summed E-state index contributed by atoms with van der Waals surface area (Å²) in [6.07, 6.45) is 1.56. The van der Waals surface area contributed by atoms with Gasteiger partial charge in [0.1, 0.15) is 11.5 Å². The minimum absolute atomic E-state index is 0.0771. The number of nitrogens with one attached hydrogen (secondary N) is 2. The molecule has 0 atom stereocenters. The first-order chi connectivity index (χ1) is 10.7. The lowest BCUT2D eigenvalue weighted by molar-refractivity contribution is -0.115. The van der Waals surface area contributed by atoms with Crippen LogP contribution in [0.4, 0.5) is 10.3 Å². The minimum Gasteiger partial charge on any atom is -0.306 e. The van der Waals surface area contributed by atoms with Crippen LogP contribution in [0.15, 0.2) is 48.7 Å². The molecule has 0 aliphatic carbocycles. The molecule has 2 heterocycles. The van der Waals surface area contributed by atoms with Crippen LogP contribution in [0.3, 0.4) is 0 Å². The minimum atomic E-state index is -0.413. The molecule has 0 radical (unpaired) electrons. The second-order valence-electron chi connectivity index (χ2n) is 4.55. The van der Waals surface area contributed by atoms with E-state index in [1.807, 2.05) is 6.07 Å². The predicted octanol–water partition coefficient (Wildman–Crippen LogP) is 2.19. The van der Waals surface area contributed by atoms with Gasteiger partial charge in [0.15, 0.2) is 5.82 Å². The Balaban J connectivity index is 1.68. The Morgan fingerprint density at radius 1 is 1.14 bits per heavy atom. The molecule has 22 heavy (non-hydrogen) atoms. The highest BCUT2D eigenvalue weighted by Gasteiger charge is 2.11. The summed E-state index contributed by atoms with van der Waals surface area (Å²) in [7, 11) is 0. The van der Waals surface area contributed by atoms with E-state index in [0.717, 1.165) is 0 Å². The molecule has 0 aliphatic rings. The van der Waals surface area contributed by atoms with Gasteiger partial charge in [-0.3, -0.25) is 15.1 Å². The summed E-state index contributed by atoms with van der Waals surface area (Å²) in [4.78, 5) is 18.9. The van der Waals surface area contributed by atoms with Crippen molar-refractivity contribution in [3.05, 3.63) is 60.0 Å². The first-order valence-electron chi connectivity index (χ1n) is 6.60. The number of hydrogen-bond donors (Lipinski definition) is 2. The SMILES string of the molecule is O=C(Cc1ccccc1F)Nc1nnc(-c2ccccn2)[nH]1. The van der Waals surface area contributed by atoms with Crippen molar-refractivity contribution in [2.24, 2.45) is 0 Å². The van der Waals surface area contributed by atoms with Crippen LogP contribution in [0.5, 0.6) is 0 Å². The van der Waals surface area contributed by atoms with E-state index >= 15 is 0 Å². The molecule has 0 aliphatic heterocycles. The van der Waals surface area contributed by atoms with Crippen LogP contribution in [-0.2, 0) is 11.2 Å². The van der Waals surface area contributed by atoms with Gasteiger partial charge in [0, 0.05) is 6.20 Å². The lowest BCUT2D eigenvalue weighted by atomic mass is 10.1. The van der Waals surface area contributed by atoms with Crippen molar-refractivity contribution in [3.63, 3.8) is 0 Å². The topological polar surface area (TPSA) is 83.6 Å². The summed E-state index contributed by atoms with van der Waals surface area (Å²) in [6, 6.07) is 11.5.